The molecule has 2 unspecified atom stereocenters. The van der Waals surface area contributed by atoms with Gasteiger partial charge in [-0.3, -0.25) is 0 Å². The summed E-state index contributed by atoms with van der Waals surface area (Å²) in [4.78, 5) is 0. The maximum absolute atomic E-state index is 5.54. The summed E-state index contributed by atoms with van der Waals surface area (Å²) in [7, 11) is 0. The topological polar surface area (TPSA) is 9.23 Å². The predicted molar refractivity (Wildman–Crippen MR) is 47.7 cm³/mol. The van der Waals surface area contributed by atoms with Crippen LogP contribution in [0.4, 0.5) is 0 Å². The highest BCUT2D eigenvalue weighted by Gasteiger charge is 2.41. The van der Waals surface area contributed by atoms with Crippen molar-refractivity contribution in [3.8, 4) is 0 Å². The fraction of sp³-hybridized carbons (Fsp3) is 1.00. The summed E-state index contributed by atoms with van der Waals surface area (Å²) in [5, 5.41) is 0. The Hall–Kier alpha value is -0.0400. The van der Waals surface area contributed by atoms with Gasteiger partial charge in [-0.1, -0.05) is 33.6 Å². The first-order valence-electron chi connectivity index (χ1n) is 4.84. The minimum atomic E-state index is 0.509. The Kier molecular flexibility index (Phi) is 2.94. The summed E-state index contributed by atoms with van der Waals surface area (Å²) in [5.74, 6) is 0. The van der Waals surface area contributed by atoms with Crippen molar-refractivity contribution in [2.24, 2.45) is 5.41 Å². The molecular weight excluding hydrogens is 136 g/mol. The number of hydrogen-bond donors (Lipinski definition) is 0. The van der Waals surface area contributed by atoms with Crippen LogP contribution in [0.25, 0.3) is 0 Å². The molecule has 11 heavy (non-hydrogen) atoms. The van der Waals surface area contributed by atoms with Crippen molar-refractivity contribution in [3.63, 3.8) is 0 Å². The second kappa shape index (κ2) is 3.57. The molecule has 0 aromatic carbocycles. The molecule has 1 saturated heterocycles. The molecule has 0 saturated carbocycles. The first-order valence-corrected chi connectivity index (χ1v) is 4.84. The largest absolute Gasteiger partial charge is 0.377 e. The fourth-order valence-corrected chi connectivity index (χ4v) is 1.64. The van der Waals surface area contributed by atoms with Crippen molar-refractivity contribution in [3.05, 3.63) is 0 Å². The van der Waals surface area contributed by atoms with Crippen molar-refractivity contribution in [1.29, 1.82) is 0 Å². The molecule has 0 bridgehead atoms. The highest BCUT2D eigenvalue weighted by atomic mass is 16.5. The average molecular weight is 156 g/mol. The van der Waals surface area contributed by atoms with Crippen molar-refractivity contribution >= 4 is 0 Å². The van der Waals surface area contributed by atoms with Crippen molar-refractivity contribution in [2.75, 3.05) is 6.61 Å². The van der Waals surface area contributed by atoms with Gasteiger partial charge in [-0.25, -0.2) is 0 Å². The van der Waals surface area contributed by atoms with Crippen molar-refractivity contribution < 1.29 is 4.74 Å². The molecule has 1 aliphatic heterocycles. The van der Waals surface area contributed by atoms with E-state index in [0.29, 0.717) is 11.5 Å². The van der Waals surface area contributed by atoms with E-state index < -0.39 is 0 Å². The standard InChI is InChI=1S/C10H20O/c1-4-6-7-9-10(3,5-2)8-11-9/h9H,4-8H2,1-3H3. The predicted octanol–water partition coefficient (Wildman–Crippen LogP) is 2.99. The minimum Gasteiger partial charge on any atom is -0.377 e. The molecule has 0 aromatic rings. The molecule has 2 atom stereocenters. The van der Waals surface area contributed by atoms with E-state index in [-0.39, 0.29) is 0 Å². The van der Waals surface area contributed by atoms with Gasteiger partial charge >= 0.3 is 0 Å². The molecule has 0 spiro atoms. The summed E-state index contributed by atoms with van der Waals surface area (Å²) in [5.41, 5.74) is 0.509. The molecule has 66 valence electrons. The Morgan fingerprint density at radius 3 is 2.55 bits per heavy atom. The normalized spacial score (nSPS) is 36.8. The minimum absolute atomic E-state index is 0.509. The third kappa shape index (κ3) is 1.76. The van der Waals surface area contributed by atoms with Gasteiger partial charge in [0.1, 0.15) is 0 Å². The van der Waals surface area contributed by atoms with Crippen molar-refractivity contribution in [1.82, 2.24) is 0 Å². The van der Waals surface area contributed by atoms with Crippen LogP contribution in [0.3, 0.4) is 0 Å². The van der Waals surface area contributed by atoms with Crippen LogP contribution < -0.4 is 0 Å². The zero-order valence-corrected chi connectivity index (χ0v) is 8.02. The molecule has 1 fully saturated rings. The molecule has 1 heterocycles. The van der Waals surface area contributed by atoms with E-state index in [2.05, 4.69) is 20.8 Å². The molecule has 1 aliphatic rings. The zero-order valence-electron chi connectivity index (χ0n) is 8.02. The molecule has 0 amide bonds. The van der Waals surface area contributed by atoms with E-state index in [1.54, 1.807) is 0 Å². The van der Waals surface area contributed by atoms with E-state index in [9.17, 15) is 0 Å². The van der Waals surface area contributed by atoms with Gasteiger partial charge in [-0.2, -0.15) is 0 Å². The summed E-state index contributed by atoms with van der Waals surface area (Å²) >= 11 is 0. The lowest BCUT2D eigenvalue weighted by Crippen LogP contribution is -2.49. The zero-order chi connectivity index (χ0) is 8.32. The van der Waals surface area contributed by atoms with E-state index in [4.69, 9.17) is 4.74 Å². The molecule has 1 nitrogen and oxygen atoms in total. The van der Waals surface area contributed by atoms with E-state index in [1.165, 1.54) is 25.7 Å². The molecule has 1 heteroatoms. The lowest BCUT2D eigenvalue weighted by atomic mass is 9.76. The van der Waals surface area contributed by atoms with E-state index in [0.717, 1.165) is 6.61 Å². The molecule has 0 radical (unpaired) electrons. The molecule has 0 aromatic heterocycles. The highest BCUT2D eigenvalue weighted by molar-refractivity contribution is 4.89. The first-order chi connectivity index (χ1) is 5.23. The number of hydrogen-bond acceptors (Lipinski definition) is 1. The third-order valence-corrected chi connectivity index (χ3v) is 3.02. The smallest absolute Gasteiger partial charge is 0.0650 e. The molecular formula is C10H20O. The van der Waals surface area contributed by atoms with Gasteiger partial charge in [0, 0.05) is 5.41 Å². The Morgan fingerprint density at radius 1 is 1.45 bits per heavy atom. The number of rotatable bonds is 4. The van der Waals surface area contributed by atoms with Gasteiger partial charge < -0.3 is 4.74 Å². The quantitative estimate of drug-likeness (QED) is 0.608. The summed E-state index contributed by atoms with van der Waals surface area (Å²) in [6.45, 7) is 7.83. The van der Waals surface area contributed by atoms with Gasteiger partial charge in [0.05, 0.1) is 12.7 Å². The Labute approximate surface area is 70.1 Å². The maximum atomic E-state index is 5.54. The van der Waals surface area contributed by atoms with Gasteiger partial charge in [0.2, 0.25) is 0 Å². The Morgan fingerprint density at radius 2 is 2.18 bits per heavy atom. The maximum Gasteiger partial charge on any atom is 0.0650 e. The second-order valence-corrected chi connectivity index (χ2v) is 3.95. The van der Waals surface area contributed by atoms with Crippen LogP contribution in [0.2, 0.25) is 0 Å². The van der Waals surface area contributed by atoms with Crippen LogP contribution in [0.1, 0.15) is 46.5 Å². The van der Waals surface area contributed by atoms with Gasteiger partial charge in [-0.15, -0.1) is 0 Å². The molecule has 0 aliphatic carbocycles. The fourth-order valence-electron chi connectivity index (χ4n) is 1.64. The van der Waals surface area contributed by atoms with Crippen LogP contribution in [-0.4, -0.2) is 12.7 Å². The molecule has 1 rings (SSSR count). The first kappa shape index (κ1) is 9.05. The van der Waals surface area contributed by atoms with Gasteiger partial charge in [0.15, 0.2) is 0 Å². The Bertz CT molecular complexity index is 118. The highest BCUT2D eigenvalue weighted by Crippen LogP contribution is 2.40. The van der Waals surface area contributed by atoms with Crippen LogP contribution in [0.15, 0.2) is 0 Å². The van der Waals surface area contributed by atoms with Crippen LogP contribution >= 0.6 is 0 Å². The summed E-state index contributed by atoms with van der Waals surface area (Å²) in [6, 6.07) is 0. The number of ether oxygens (including phenoxy) is 1. The Balaban J connectivity index is 2.25. The average Bonchev–Trinajstić information content (AvgIpc) is 2.02. The van der Waals surface area contributed by atoms with Crippen LogP contribution in [0.5, 0.6) is 0 Å². The third-order valence-electron chi connectivity index (χ3n) is 3.02. The van der Waals surface area contributed by atoms with Gasteiger partial charge in [-0.05, 0) is 12.8 Å². The second-order valence-electron chi connectivity index (χ2n) is 3.95. The number of unbranched alkanes of at least 4 members (excludes halogenated alkanes) is 1. The van der Waals surface area contributed by atoms with Crippen LogP contribution in [0, 0.1) is 5.41 Å². The summed E-state index contributed by atoms with van der Waals surface area (Å²) in [6.07, 6.45) is 5.70. The van der Waals surface area contributed by atoms with Crippen molar-refractivity contribution in [2.45, 2.75) is 52.6 Å². The van der Waals surface area contributed by atoms with E-state index >= 15 is 0 Å². The van der Waals surface area contributed by atoms with Crippen LogP contribution in [-0.2, 0) is 4.74 Å². The SMILES string of the molecule is CCCCC1OCC1(C)CC. The lowest BCUT2D eigenvalue weighted by Gasteiger charge is -2.46. The van der Waals surface area contributed by atoms with E-state index in [1.807, 2.05) is 0 Å². The molecule has 0 N–H and O–H groups in total. The van der Waals surface area contributed by atoms with Gasteiger partial charge in [0.25, 0.3) is 0 Å². The lowest BCUT2D eigenvalue weighted by molar-refractivity contribution is -0.182. The summed E-state index contributed by atoms with van der Waals surface area (Å²) < 4.78 is 5.54. The monoisotopic (exact) mass is 156 g/mol.